The van der Waals surface area contributed by atoms with Gasteiger partial charge < -0.3 is 0 Å². The molecule has 1 heterocycles. The van der Waals surface area contributed by atoms with E-state index in [4.69, 9.17) is 0 Å². The molecule has 0 spiro atoms. The molecule has 0 unspecified atom stereocenters. The third kappa shape index (κ3) is 2.98. The molecule has 2 amide bonds. The smallest absolute Gasteiger partial charge is 0.261 e. The van der Waals surface area contributed by atoms with E-state index in [1.54, 1.807) is 0 Å². The molecule has 0 atom stereocenters. The van der Waals surface area contributed by atoms with E-state index in [1.807, 2.05) is 48.5 Å². The summed E-state index contributed by atoms with van der Waals surface area (Å²) >= 11 is 0. The molecule has 3 rings (SSSR count). The maximum Gasteiger partial charge on any atom is 0.261 e. The highest BCUT2D eigenvalue weighted by Gasteiger charge is 2.30. The first kappa shape index (κ1) is 14.3. The first-order chi connectivity index (χ1) is 10.8. The van der Waals surface area contributed by atoms with Crippen LogP contribution < -0.4 is 0 Å². The van der Waals surface area contributed by atoms with E-state index < -0.39 is 0 Å². The van der Waals surface area contributed by atoms with Gasteiger partial charge >= 0.3 is 0 Å². The lowest BCUT2D eigenvalue weighted by molar-refractivity contribution is -0.136. The SMILES string of the molecule is O=C1C=C(c2ccccc2)C(=O)N1CCCc1ccccc1. The fourth-order valence-corrected chi connectivity index (χ4v) is 2.63. The number of hydrogen-bond acceptors (Lipinski definition) is 2. The molecule has 1 aliphatic heterocycles. The fraction of sp³-hybridized carbons (Fsp3) is 0.158. The van der Waals surface area contributed by atoms with Gasteiger partial charge in [-0.25, -0.2) is 0 Å². The molecule has 0 saturated carbocycles. The summed E-state index contributed by atoms with van der Waals surface area (Å²) in [6.07, 6.45) is 3.08. The molecule has 22 heavy (non-hydrogen) atoms. The molecule has 0 radical (unpaired) electrons. The Morgan fingerprint density at radius 1 is 0.818 bits per heavy atom. The van der Waals surface area contributed by atoms with Gasteiger partial charge in [-0.3, -0.25) is 14.5 Å². The van der Waals surface area contributed by atoms with Gasteiger partial charge in [0.15, 0.2) is 0 Å². The number of benzene rings is 2. The molecule has 0 aliphatic carbocycles. The van der Waals surface area contributed by atoms with Crippen LogP contribution in [0.1, 0.15) is 17.5 Å². The van der Waals surface area contributed by atoms with Gasteiger partial charge in [0.05, 0.1) is 5.57 Å². The van der Waals surface area contributed by atoms with Crippen LogP contribution in [-0.2, 0) is 16.0 Å². The zero-order chi connectivity index (χ0) is 15.4. The van der Waals surface area contributed by atoms with Crippen LogP contribution >= 0.6 is 0 Å². The van der Waals surface area contributed by atoms with Gasteiger partial charge in [0, 0.05) is 12.6 Å². The Morgan fingerprint density at radius 2 is 1.45 bits per heavy atom. The normalized spacial score (nSPS) is 14.4. The highest BCUT2D eigenvalue weighted by Crippen LogP contribution is 2.23. The maximum absolute atomic E-state index is 12.4. The first-order valence-corrected chi connectivity index (χ1v) is 7.42. The van der Waals surface area contributed by atoms with Crippen molar-refractivity contribution in [3.63, 3.8) is 0 Å². The van der Waals surface area contributed by atoms with Gasteiger partial charge in [-0.15, -0.1) is 0 Å². The number of carbonyl (C=O) groups is 2. The van der Waals surface area contributed by atoms with Crippen molar-refractivity contribution in [3.05, 3.63) is 77.9 Å². The van der Waals surface area contributed by atoms with E-state index in [-0.39, 0.29) is 11.8 Å². The van der Waals surface area contributed by atoms with E-state index in [2.05, 4.69) is 12.1 Å². The molecule has 0 N–H and O–H groups in total. The molecule has 2 aromatic rings. The van der Waals surface area contributed by atoms with E-state index in [9.17, 15) is 9.59 Å². The van der Waals surface area contributed by atoms with Crippen molar-refractivity contribution in [1.82, 2.24) is 4.90 Å². The number of hydrogen-bond donors (Lipinski definition) is 0. The van der Waals surface area contributed by atoms with Crippen LogP contribution in [0, 0.1) is 0 Å². The van der Waals surface area contributed by atoms with Crippen molar-refractivity contribution in [3.8, 4) is 0 Å². The second kappa shape index (κ2) is 6.39. The van der Waals surface area contributed by atoms with Crippen LogP contribution in [0.5, 0.6) is 0 Å². The van der Waals surface area contributed by atoms with Crippen LogP contribution in [0.3, 0.4) is 0 Å². The summed E-state index contributed by atoms with van der Waals surface area (Å²) in [5.41, 5.74) is 2.51. The Morgan fingerprint density at radius 3 is 2.14 bits per heavy atom. The molecular formula is C19H17NO2. The number of rotatable bonds is 5. The predicted octanol–water partition coefficient (Wildman–Crippen LogP) is 3.07. The molecule has 0 saturated heterocycles. The molecule has 3 nitrogen and oxygen atoms in total. The monoisotopic (exact) mass is 291 g/mol. The molecular weight excluding hydrogens is 274 g/mol. The lowest BCUT2D eigenvalue weighted by Crippen LogP contribution is -2.32. The average molecular weight is 291 g/mol. The second-order valence-electron chi connectivity index (χ2n) is 5.31. The van der Waals surface area contributed by atoms with Crippen molar-refractivity contribution in [2.45, 2.75) is 12.8 Å². The van der Waals surface area contributed by atoms with Gasteiger partial charge in [0.25, 0.3) is 11.8 Å². The number of carbonyl (C=O) groups excluding carboxylic acids is 2. The molecule has 0 aromatic heterocycles. The van der Waals surface area contributed by atoms with Gasteiger partial charge in [0.2, 0.25) is 0 Å². The summed E-state index contributed by atoms with van der Waals surface area (Å²) in [6, 6.07) is 19.4. The predicted molar refractivity (Wildman–Crippen MR) is 85.9 cm³/mol. The second-order valence-corrected chi connectivity index (χ2v) is 5.31. The topological polar surface area (TPSA) is 37.4 Å². The number of imide groups is 1. The Kier molecular flexibility index (Phi) is 4.15. The van der Waals surface area contributed by atoms with Crippen molar-refractivity contribution in [2.24, 2.45) is 0 Å². The highest BCUT2D eigenvalue weighted by atomic mass is 16.2. The van der Waals surface area contributed by atoms with Gasteiger partial charge in [-0.2, -0.15) is 0 Å². The Balaban J connectivity index is 1.62. The summed E-state index contributed by atoms with van der Waals surface area (Å²) in [4.78, 5) is 25.8. The lowest BCUT2D eigenvalue weighted by atomic mass is 10.1. The molecule has 2 aromatic carbocycles. The minimum Gasteiger partial charge on any atom is -0.275 e. The van der Waals surface area contributed by atoms with E-state index in [0.29, 0.717) is 12.1 Å². The van der Waals surface area contributed by atoms with Crippen molar-refractivity contribution >= 4 is 17.4 Å². The van der Waals surface area contributed by atoms with Crippen LogP contribution in [0.4, 0.5) is 0 Å². The van der Waals surface area contributed by atoms with Gasteiger partial charge in [0.1, 0.15) is 0 Å². The summed E-state index contributed by atoms with van der Waals surface area (Å²) in [5, 5.41) is 0. The number of amides is 2. The lowest BCUT2D eigenvalue weighted by Gasteiger charge is -2.14. The van der Waals surface area contributed by atoms with Crippen molar-refractivity contribution in [2.75, 3.05) is 6.54 Å². The molecule has 0 bridgehead atoms. The highest BCUT2D eigenvalue weighted by molar-refractivity contribution is 6.33. The summed E-state index contributed by atoms with van der Waals surface area (Å²) in [7, 11) is 0. The third-order valence-corrected chi connectivity index (χ3v) is 3.78. The molecule has 0 fully saturated rings. The Bertz CT molecular complexity index is 705. The van der Waals surface area contributed by atoms with Crippen LogP contribution in [-0.4, -0.2) is 23.3 Å². The fourth-order valence-electron chi connectivity index (χ4n) is 2.63. The third-order valence-electron chi connectivity index (χ3n) is 3.78. The van der Waals surface area contributed by atoms with Crippen LogP contribution in [0.25, 0.3) is 5.57 Å². The quantitative estimate of drug-likeness (QED) is 0.794. The largest absolute Gasteiger partial charge is 0.275 e. The van der Waals surface area contributed by atoms with Crippen LogP contribution in [0.15, 0.2) is 66.7 Å². The van der Waals surface area contributed by atoms with E-state index >= 15 is 0 Å². The van der Waals surface area contributed by atoms with Crippen LogP contribution in [0.2, 0.25) is 0 Å². The van der Waals surface area contributed by atoms with Crippen molar-refractivity contribution in [1.29, 1.82) is 0 Å². The summed E-state index contributed by atoms with van der Waals surface area (Å²) in [5.74, 6) is -0.402. The van der Waals surface area contributed by atoms with Gasteiger partial charge in [-0.1, -0.05) is 60.7 Å². The minimum atomic E-state index is -0.211. The first-order valence-electron chi connectivity index (χ1n) is 7.42. The zero-order valence-electron chi connectivity index (χ0n) is 12.2. The summed E-state index contributed by atoms with van der Waals surface area (Å²) < 4.78 is 0. The number of aryl methyl sites for hydroxylation is 1. The minimum absolute atomic E-state index is 0.190. The Hall–Kier alpha value is -2.68. The maximum atomic E-state index is 12.4. The van der Waals surface area contributed by atoms with Crippen molar-refractivity contribution < 1.29 is 9.59 Å². The molecule has 110 valence electrons. The van der Waals surface area contributed by atoms with E-state index in [0.717, 1.165) is 18.4 Å². The Labute approximate surface area is 129 Å². The molecule has 1 aliphatic rings. The zero-order valence-corrected chi connectivity index (χ0v) is 12.2. The van der Waals surface area contributed by atoms with Gasteiger partial charge in [-0.05, 0) is 24.0 Å². The summed E-state index contributed by atoms with van der Waals surface area (Å²) in [6.45, 7) is 0.458. The average Bonchev–Trinajstić information content (AvgIpc) is 2.85. The standard InChI is InChI=1S/C19H17NO2/c21-18-14-17(16-11-5-2-6-12-16)19(22)20(18)13-7-10-15-8-3-1-4-9-15/h1-6,8-9,11-12,14H,7,10,13H2. The molecule has 3 heteroatoms. The van der Waals surface area contributed by atoms with E-state index in [1.165, 1.54) is 16.5 Å². The number of nitrogens with zero attached hydrogens (tertiary/aromatic N) is 1.